The molecule has 4 rings (SSSR count). The van der Waals surface area contributed by atoms with E-state index in [-0.39, 0.29) is 45.3 Å². The van der Waals surface area contributed by atoms with E-state index in [9.17, 15) is 44.7 Å². The molecule has 0 atom stereocenters. The van der Waals surface area contributed by atoms with E-state index in [1.165, 1.54) is 11.8 Å². The topological polar surface area (TPSA) is 245 Å². The van der Waals surface area contributed by atoms with Gasteiger partial charge in [-0.3, -0.25) is 43.8 Å². The highest BCUT2D eigenvalue weighted by molar-refractivity contribution is 7.98. The van der Waals surface area contributed by atoms with E-state index in [4.69, 9.17) is 4.74 Å². The highest BCUT2D eigenvalue weighted by Gasteiger charge is 2.21. The number of carbonyl (C=O) groups excluding carboxylic acids is 1. The van der Waals surface area contributed by atoms with Gasteiger partial charge in [-0.2, -0.15) is 0 Å². The number of hydrogen-bond donors (Lipinski definition) is 7. The first kappa shape index (κ1) is 43.4. The summed E-state index contributed by atoms with van der Waals surface area (Å²) in [4.78, 5) is 66.6. The van der Waals surface area contributed by atoms with Crippen LogP contribution < -0.4 is 10.1 Å². The van der Waals surface area contributed by atoms with Gasteiger partial charge in [0.05, 0.1) is 62.7 Å². The Balaban J connectivity index is 1.19. The number of pyridine rings is 1. The van der Waals surface area contributed by atoms with Crippen LogP contribution in [0.2, 0.25) is 0 Å². The van der Waals surface area contributed by atoms with Crippen molar-refractivity contribution in [3.05, 3.63) is 47.3 Å². The number of aromatic nitrogens is 3. The molecule has 19 heteroatoms. The molecule has 55 heavy (non-hydrogen) atoms. The Hall–Kier alpha value is -4.37. The predicted molar refractivity (Wildman–Crippen MR) is 203 cm³/mol. The number of nitrogens with zero attached hydrogens (tertiary/aromatic N) is 6. The van der Waals surface area contributed by atoms with E-state index in [2.05, 4.69) is 20.3 Å². The number of unbranched alkanes of at least 4 members (excludes halogenated alkanes) is 2. The molecule has 0 saturated carbocycles. The van der Waals surface area contributed by atoms with Gasteiger partial charge in [0.2, 0.25) is 5.91 Å². The molecule has 0 radical (unpaired) electrons. The van der Waals surface area contributed by atoms with E-state index in [1.807, 2.05) is 23.1 Å². The number of rotatable bonds is 20. The minimum Gasteiger partial charge on any atom is -0.494 e. The smallest absolute Gasteiger partial charge is 0.317 e. The Morgan fingerprint density at radius 1 is 0.764 bits per heavy atom. The van der Waals surface area contributed by atoms with Crippen molar-refractivity contribution < 1.29 is 49.4 Å². The third-order valence-electron chi connectivity index (χ3n) is 9.13. The molecule has 1 amide bonds. The van der Waals surface area contributed by atoms with Crippen LogP contribution >= 0.6 is 11.8 Å². The average Bonchev–Trinajstić information content (AvgIpc) is 3.56. The van der Waals surface area contributed by atoms with Crippen molar-refractivity contribution in [1.82, 2.24) is 39.9 Å². The van der Waals surface area contributed by atoms with Crippen LogP contribution in [-0.4, -0.2) is 176 Å². The number of nitrogens with one attached hydrogen (secondary N) is 2. The number of carbonyl (C=O) groups is 4. The second kappa shape index (κ2) is 22.9. The summed E-state index contributed by atoms with van der Waals surface area (Å²) in [5.41, 5.74) is 3.59. The molecule has 0 bridgehead atoms. The third kappa shape index (κ3) is 15.4. The van der Waals surface area contributed by atoms with Crippen molar-refractivity contribution >= 4 is 46.6 Å². The minimum absolute atomic E-state index is 0.0733. The van der Waals surface area contributed by atoms with E-state index in [0.717, 1.165) is 30.3 Å². The summed E-state index contributed by atoms with van der Waals surface area (Å²) in [6.45, 7) is 2.69. The number of imidazole rings is 1. The standard InChI is InChI=1S/C36H52N8O10S/c45-23-26-6-8-37-31(28(26)24-46)25-55-36-39-29-5-4-27(18-30(29)40-36)54-17-3-1-2-7-38-32(47)19-41-9-11-42(20-33(48)49)13-15-44(22-35(52)53)16-14-43(12-10-41)21-34(50)51/h4-6,8,18,45-46H,1-3,7,9-17,19-25H2,(H,38,47)(H,39,40)(H,48,49)(H,50,51)(H,52,53). The van der Waals surface area contributed by atoms with E-state index < -0.39 is 17.9 Å². The highest BCUT2D eigenvalue weighted by atomic mass is 32.2. The number of thioether (sulfide) groups is 1. The van der Waals surface area contributed by atoms with Gasteiger partial charge in [0.1, 0.15) is 5.75 Å². The number of aromatic amines is 1. The zero-order chi connectivity index (χ0) is 39.6. The van der Waals surface area contributed by atoms with Gasteiger partial charge >= 0.3 is 17.9 Å². The lowest BCUT2D eigenvalue weighted by Gasteiger charge is -2.32. The number of carboxylic acid groups (broad SMARTS) is 3. The zero-order valence-corrected chi connectivity index (χ0v) is 31.7. The number of aliphatic carboxylic acids is 3. The number of hydrogen-bond acceptors (Lipinski definition) is 14. The van der Waals surface area contributed by atoms with Crippen LogP contribution in [-0.2, 0) is 38.1 Å². The molecule has 1 fully saturated rings. The number of H-pyrrole nitrogens is 1. The second-order valence-electron chi connectivity index (χ2n) is 13.3. The maximum absolute atomic E-state index is 12.9. The van der Waals surface area contributed by atoms with Gasteiger partial charge in [-0.1, -0.05) is 11.8 Å². The zero-order valence-electron chi connectivity index (χ0n) is 30.9. The molecule has 3 heterocycles. The molecule has 0 aliphatic carbocycles. The van der Waals surface area contributed by atoms with Gasteiger partial charge in [-0.25, -0.2) is 4.98 Å². The first-order valence-electron chi connectivity index (χ1n) is 18.3. The molecule has 0 unspecified atom stereocenters. The molecular formula is C36H52N8O10S. The van der Waals surface area contributed by atoms with Crippen LogP contribution in [0.1, 0.15) is 36.1 Å². The van der Waals surface area contributed by atoms with Crippen molar-refractivity contribution in [2.75, 3.05) is 91.7 Å². The fourth-order valence-corrected chi connectivity index (χ4v) is 7.04. The Morgan fingerprint density at radius 3 is 1.89 bits per heavy atom. The summed E-state index contributed by atoms with van der Waals surface area (Å²) < 4.78 is 5.96. The number of amides is 1. The van der Waals surface area contributed by atoms with Crippen molar-refractivity contribution in [3.8, 4) is 5.75 Å². The van der Waals surface area contributed by atoms with Crippen molar-refractivity contribution in [1.29, 1.82) is 0 Å². The van der Waals surface area contributed by atoms with Crippen LogP contribution in [0, 0.1) is 0 Å². The van der Waals surface area contributed by atoms with Crippen LogP contribution in [0.4, 0.5) is 0 Å². The summed E-state index contributed by atoms with van der Waals surface area (Å²) in [6, 6.07) is 7.33. The fourth-order valence-electron chi connectivity index (χ4n) is 6.17. The molecular weight excluding hydrogens is 737 g/mol. The molecule has 3 aromatic rings. The molecule has 302 valence electrons. The van der Waals surface area contributed by atoms with E-state index >= 15 is 0 Å². The summed E-state index contributed by atoms with van der Waals surface area (Å²) in [7, 11) is 0. The van der Waals surface area contributed by atoms with Gasteiger partial charge in [-0.05, 0) is 43.0 Å². The monoisotopic (exact) mass is 788 g/mol. The van der Waals surface area contributed by atoms with Crippen molar-refractivity contribution in [3.63, 3.8) is 0 Å². The molecule has 1 saturated heterocycles. The third-order valence-corrected chi connectivity index (χ3v) is 10.0. The molecule has 1 aliphatic rings. The quantitative estimate of drug-likeness (QED) is 0.0604. The summed E-state index contributed by atoms with van der Waals surface area (Å²) >= 11 is 1.45. The molecule has 18 nitrogen and oxygen atoms in total. The lowest BCUT2D eigenvalue weighted by Crippen LogP contribution is -2.49. The maximum atomic E-state index is 12.9. The Kier molecular flexibility index (Phi) is 18.0. The molecule has 7 N–H and O–H groups in total. The highest BCUT2D eigenvalue weighted by Crippen LogP contribution is 2.27. The van der Waals surface area contributed by atoms with Gasteiger partial charge in [-0.15, -0.1) is 0 Å². The normalized spacial score (nSPS) is 15.7. The van der Waals surface area contributed by atoms with Gasteiger partial charge in [0.15, 0.2) is 5.16 Å². The Morgan fingerprint density at radius 2 is 1.35 bits per heavy atom. The molecule has 2 aromatic heterocycles. The number of ether oxygens (including phenoxy) is 1. The van der Waals surface area contributed by atoms with E-state index in [1.54, 1.807) is 27.0 Å². The first-order valence-corrected chi connectivity index (χ1v) is 19.3. The minimum atomic E-state index is -1.02. The molecule has 0 spiro atoms. The van der Waals surface area contributed by atoms with Gasteiger partial charge < -0.3 is 40.6 Å². The molecule has 1 aliphatic heterocycles. The number of benzene rings is 1. The number of aliphatic hydroxyl groups is 2. The number of carboxylic acids is 3. The Labute approximate surface area is 323 Å². The van der Waals surface area contributed by atoms with E-state index in [0.29, 0.717) is 99.0 Å². The van der Waals surface area contributed by atoms with Crippen molar-refractivity contribution in [2.24, 2.45) is 0 Å². The van der Waals surface area contributed by atoms with Crippen LogP contribution in [0.3, 0.4) is 0 Å². The predicted octanol–water partition coefficient (Wildman–Crippen LogP) is 0.376. The number of aliphatic hydroxyl groups excluding tert-OH is 2. The molecule has 1 aromatic carbocycles. The summed E-state index contributed by atoms with van der Waals surface area (Å²) in [5.74, 6) is -2.02. The van der Waals surface area contributed by atoms with Crippen LogP contribution in [0.25, 0.3) is 11.0 Å². The largest absolute Gasteiger partial charge is 0.494 e. The number of fused-ring (bicyclic) bond motifs is 1. The summed E-state index contributed by atoms with van der Waals surface area (Å²) in [5, 5.41) is 51.1. The lowest BCUT2D eigenvalue weighted by molar-refractivity contribution is -0.140. The Bertz CT molecular complexity index is 1680. The van der Waals surface area contributed by atoms with Crippen molar-refractivity contribution in [2.45, 2.75) is 43.4 Å². The van der Waals surface area contributed by atoms with Gasteiger partial charge in [0.25, 0.3) is 0 Å². The van der Waals surface area contributed by atoms with Crippen LogP contribution in [0.15, 0.2) is 35.6 Å². The average molecular weight is 789 g/mol. The maximum Gasteiger partial charge on any atom is 0.317 e. The van der Waals surface area contributed by atoms with Gasteiger partial charge in [0, 0.05) is 82.5 Å². The summed E-state index contributed by atoms with van der Waals surface area (Å²) in [6.07, 6.45) is 3.96. The van der Waals surface area contributed by atoms with Crippen LogP contribution in [0.5, 0.6) is 5.75 Å². The fraction of sp³-hybridized carbons (Fsp3) is 0.556. The SMILES string of the molecule is O=C(O)CN1CCN(CC(=O)O)CCN(CC(=O)NCCCCCOc2ccc3nc(SCc4nccc(CO)c4CO)[nH]c3c2)CCN(CC(=O)O)CC1. The first-order chi connectivity index (χ1) is 26.5. The lowest BCUT2D eigenvalue weighted by atomic mass is 10.1. The second-order valence-corrected chi connectivity index (χ2v) is 14.2.